The van der Waals surface area contributed by atoms with E-state index in [1.165, 1.54) is 55.3 Å². The van der Waals surface area contributed by atoms with E-state index in [2.05, 4.69) is 70.0 Å². The second kappa shape index (κ2) is 6.10. The van der Waals surface area contributed by atoms with Crippen molar-refractivity contribution in [3.63, 3.8) is 0 Å². The van der Waals surface area contributed by atoms with Gasteiger partial charge in [-0.15, -0.1) is 0 Å². The summed E-state index contributed by atoms with van der Waals surface area (Å²) in [7, 11) is 0. The fourth-order valence-corrected chi connectivity index (χ4v) is 6.47. The molecule has 0 bridgehead atoms. The minimum absolute atomic E-state index is 0.888. The third-order valence-corrected chi connectivity index (χ3v) is 7.93. The van der Waals surface area contributed by atoms with E-state index in [1.54, 1.807) is 0 Å². The van der Waals surface area contributed by atoms with E-state index >= 15 is 0 Å². The van der Waals surface area contributed by atoms with Gasteiger partial charge >= 0.3 is 0 Å². The zero-order chi connectivity index (χ0) is 22.7. The molecule has 0 spiro atoms. The van der Waals surface area contributed by atoms with Crippen molar-refractivity contribution in [1.82, 2.24) is 19.4 Å². The van der Waals surface area contributed by atoms with E-state index in [0.717, 1.165) is 40.6 Å². The number of benzene rings is 3. The van der Waals surface area contributed by atoms with Gasteiger partial charge in [-0.1, -0.05) is 42.5 Å². The number of hydrogen-bond acceptors (Lipinski definition) is 3. The predicted octanol–water partition coefficient (Wildman–Crippen LogP) is 6.73. The number of aromatic nitrogens is 4. The van der Waals surface area contributed by atoms with E-state index in [9.17, 15) is 0 Å². The molecule has 7 aromatic rings. The highest BCUT2D eigenvalue weighted by Crippen LogP contribution is 2.48. The van der Waals surface area contributed by atoms with Crippen LogP contribution in [0.2, 0.25) is 0 Å². The third-order valence-electron chi connectivity index (χ3n) is 7.93. The molecule has 0 fully saturated rings. The van der Waals surface area contributed by atoms with Crippen molar-refractivity contribution in [3.8, 4) is 22.3 Å². The lowest BCUT2D eigenvalue weighted by atomic mass is 9.94. The monoisotopic (exact) mass is 446 g/mol. The molecule has 0 atom stereocenters. The Hall–Kier alpha value is -4.57. The largest absolute Gasteiger partial charge is 0.276 e. The number of imidazole rings is 1. The number of fused-ring (bicyclic) bond motifs is 15. The molecule has 4 aromatic heterocycles. The fraction of sp³-hybridized carbons (Fsp3) is 0.0645. The van der Waals surface area contributed by atoms with Crippen LogP contribution in [-0.2, 0) is 12.8 Å². The Kier molecular flexibility index (Phi) is 3.11. The molecular weight excluding hydrogens is 428 g/mol. The van der Waals surface area contributed by atoms with Gasteiger partial charge in [-0.2, -0.15) is 0 Å². The molecule has 35 heavy (non-hydrogen) atoms. The van der Waals surface area contributed by atoms with Crippen molar-refractivity contribution >= 4 is 38.5 Å². The highest BCUT2D eigenvalue weighted by Gasteiger charge is 2.28. The quantitative estimate of drug-likeness (QED) is 0.243. The van der Waals surface area contributed by atoms with Crippen LogP contribution in [0.1, 0.15) is 22.3 Å². The molecule has 0 saturated carbocycles. The van der Waals surface area contributed by atoms with E-state index in [-0.39, 0.29) is 0 Å². The number of nitrogens with zero attached hydrogens (tertiary/aromatic N) is 4. The summed E-state index contributed by atoms with van der Waals surface area (Å²) in [4.78, 5) is 14.3. The van der Waals surface area contributed by atoms with Gasteiger partial charge in [0.25, 0.3) is 0 Å². The van der Waals surface area contributed by atoms with Crippen LogP contribution in [0.25, 0.3) is 60.7 Å². The smallest absolute Gasteiger partial charge is 0.164 e. The molecule has 0 N–H and O–H groups in total. The van der Waals surface area contributed by atoms with Crippen molar-refractivity contribution in [3.05, 3.63) is 108 Å². The Morgan fingerprint density at radius 2 is 1.57 bits per heavy atom. The van der Waals surface area contributed by atoms with Crippen LogP contribution in [0.5, 0.6) is 0 Å². The van der Waals surface area contributed by atoms with Gasteiger partial charge in [0.2, 0.25) is 0 Å². The van der Waals surface area contributed by atoms with Gasteiger partial charge < -0.3 is 0 Å². The molecule has 3 aromatic carbocycles. The summed E-state index contributed by atoms with van der Waals surface area (Å²) >= 11 is 0. The topological polar surface area (TPSA) is 43.1 Å². The van der Waals surface area contributed by atoms with Gasteiger partial charge in [-0.3, -0.25) is 9.38 Å². The maximum absolute atomic E-state index is 5.13. The van der Waals surface area contributed by atoms with Gasteiger partial charge in [0.1, 0.15) is 11.2 Å². The van der Waals surface area contributed by atoms with Crippen LogP contribution in [0.4, 0.5) is 0 Å². The summed E-state index contributed by atoms with van der Waals surface area (Å²) < 4.78 is 2.22. The molecule has 162 valence electrons. The Morgan fingerprint density at radius 3 is 2.57 bits per heavy atom. The summed E-state index contributed by atoms with van der Waals surface area (Å²) in [5.41, 5.74) is 14.9. The van der Waals surface area contributed by atoms with Gasteiger partial charge in [-0.25, -0.2) is 9.97 Å². The van der Waals surface area contributed by atoms with Gasteiger partial charge in [0.05, 0.1) is 5.52 Å². The average molecular weight is 447 g/mol. The number of hydrogen-bond donors (Lipinski definition) is 0. The minimum atomic E-state index is 0.888. The first-order chi connectivity index (χ1) is 17.3. The van der Waals surface area contributed by atoms with Crippen LogP contribution < -0.4 is 0 Å². The van der Waals surface area contributed by atoms with Gasteiger partial charge in [0, 0.05) is 29.4 Å². The molecule has 0 aliphatic heterocycles. The Bertz CT molecular complexity index is 2070. The lowest BCUT2D eigenvalue weighted by Gasteiger charge is -2.13. The zero-order valence-corrected chi connectivity index (χ0v) is 18.8. The van der Waals surface area contributed by atoms with Crippen LogP contribution in [0.3, 0.4) is 0 Å². The lowest BCUT2D eigenvalue weighted by molar-refractivity contribution is 1.21. The molecular formula is C31H18N4. The highest BCUT2D eigenvalue weighted by molar-refractivity contribution is 6.19. The fourth-order valence-electron chi connectivity index (χ4n) is 6.47. The van der Waals surface area contributed by atoms with E-state index < -0.39 is 0 Å². The summed E-state index contributed by atoms with van der Waals surface area (Å²) in [6, 6.07) is 24.3. The van der Waals surface area contributed by atoms with Crippen molar-refractivity contribution < 1.29 is 0 Å². The molecule has 0 radical (unpaired) electrons. The number of rotatable bonds is 0. The summed E-state index contributed by atoms with van der Waals surface area (Å²) in [5, 5.41) is 3.53. The van der Waals surface area contributed by atoms with Crippen molar-refractivity contribution in [2.45, 2.75) is 12.8 Å². The Morgan fingerprint density at radius 1 is 0.657 bits per heavy atom. The normalized spacial score (nSPS) is 13.5. The molecule has 0 unspecified atom stereocenters. The summed E-state index contributed by atoms with van der Waals surface area (Å²) in [6.07, 6.45) is 7.66. The number of pyridine rings is 3. The van der Waals surface area contributed by atoms with Gasteiger partial charge in [-0.05, 0) is 87.0 Å². The third kappa shape index (κ3) is 2.15. The first-order valence-corrected chi connectivity index (χ1v) is 12.0. The molecule has 0 saturated heterocycles. The first kappa shape index (κ1) is 17.8. The highest BCUT2D eigenvalue weighted by atomic mass is 15.1. The van der Waals surface area contributed by atoms with E-state index in [4.69, 9.17) is 9.97 Å². The SMILES string of the molecule is c1ccc2c(c1)Cc1cc3c(cc1-2)-c1c(ccc2c4cnccc4n4c5ncccc5nc4c12)C3. The first-order valence-electron chi connectivity index (χ1n) is 12.0. The molecule has 2 aliphatic rings. The van der Waals surface area contributed by atoms with Crippen LogP contribution in [0, 0.1) is 0 Å². The van der Waals surface area contributed by atoms with Crippen LogP contribution >= 0.6 is 0 Å². The van der Waals surface area contributed by atoms with E-state index in [1.807, 2.05) is 24.7 Å². The Balaban J connectivity index is 1.48. The van der Waals surface area contributed by atoms with E-state index in [0.29, 0.717) is 0 Å². The maximum Gasteiger partial charge on any atom is 0.164 e. The molecule has 4 nitrogen and oxygen atoms in total. The molecule has 4 heteroatoms. The van der Waals surface area contributed by atoms with Crippen molar-refractivity contribution in [2.75, 3.05) is 0 Å². The molecule has 9 rings (SSSR count). The summed E-state index contributed by atoms with van der Waals surface area (Å²) in [6.45, 7) is 0. The van der Waals surface area contributed by atoms with Gasteiger partial charge in [0.15, 0.2) is 5.65 Å². The van der Waals surface area contributed by atoms with Crippen molar-refractivity contribution in [2.24, 2.45) is 0 Å². The standard InChI is InChI=1S/C31H18N4/c1-2-5-21-17(4-1)12-19-14-20-13-18-7-8-22-25-16-32-11-9-27(25)35-30-26(6-3-10-33-30)34-31(35)29(22)28(18)24(20)15-23(19)21/h1-11,14-16H,12-13H2. The molecule has 0 amide bonds. The Labute approximate surface area is 200 Å². The second-order valence-corrected chi connectivity index (χ2v) is 9.71. The molecule has 4 heterocycles. The predicted molar refractivity (Wildman–Crippen MR) is 140 cm³/mol. The van der Waals surface area contributed by atoms with Crippen molar-refractivity contribution in [1.29, 1.82) is 0 Å². The lowest BCUT2D eigenvalue weighted by Crippen LogP contribution is -1.95. The average Bonchev–Trinajstić information content (AvgIpc) is 3.58. The maximum atomic E-state index is 5.13. The zero-order valence-electron chi connectivity index (χ0n) is 18.8. The molecule has 2 aliphatic carbocycles. The summed E-state index contributed by atoms with van der Waals surface area (Å²) in [5.74, 6) is 0. The van der Waals surface area contributed by atoms with Crippen LogP contribution in [-0.4, -0.2) is 19.4 Å². The second-order valence-electron chi connectivity index (χ2n) is 9.71. The minimum Gasteiger partial charge on any atom is -0.276 e. The van der Waals surface area contributed by atoms with Crippen LogP contribution in [0.15, 0.2) is 85.3 Å².